The number of methoxy groups -OCH3 is 2. The highest BCUT2D eigenvalue weighted by atomic mass is 16.6. The van der Waals surface area contributed by atoms with Gasteiger partial charge in [0.05, 0.1) is 37.2 Å². The van der Waals surface area contributed by atoms with Gasteiger partial charge in [-0.1, -0.05) is 18.2 Å². The van der Waals surface area contributed by atoms with Gasteiger partial charge in [0.2, 0.25) is 0 Å². The van der Waals surface area contributed by atoms with Gasteiger partial charge in [-0.05, 0) is 66.2 Å². The van der Waals surface area contributed by atoms with Crippen LogP contribution in [-0.4, -0.2) is 36.9 Å². The number of nitrogens with zero attached hydrogens (tertiary/aromatic N) is 2. The van der Waals surface area contributed by atoms with Crippen LogP contribution in [0.2, 0.25) is 0 Å². The van der Waals surface area contributed by atoms with Crippen LogP contribution < -0.4 is 19.6 Å². The lowest BCUT2D eigenvalue weighted by atomic mass is 10.1. The SMILES string of the molecule is COc1cccc(C(=O)Oc2ccc(/C=N/NC(=O)c3ccccc3-n3cccc3)cc2OC)c1. The van der Waals surface area contributed by atoms with Crippen molar-refractivity contribution in [2.24, 2.45) is 5.10 Å². The number of para-hydroxylation sites is 1. The van der Waals surface area contributed by atoms with E-state index in [1.807, 2.05) is 41.2 Å². The average Bonchev–Trinajstić information content (AvgIpc) is 3.44. The number of nitrogens with one attached hydrogen (secondary N) is 1. The molecule has 1 amide bonds. The summed E-state index contributed by atoms with van der Waals surface area (Å²) in [4.78, 5) is 25.2. The third-order valence-electron chi connectivity index (χ3n) is 5.11. The van der Waals surface area contributed by atoms with Gasteiger partial charge in [-0.3, -0.25) is 4.79 Å². The molecule has 8 nitrogen and oxygen atoms in total. The number of aromatic nitrogens is 1. The van der Waals surface area contributed by atoms with E-state index in [1.165, 1.54) is 20.4 Å². The third kappa shape index (κ3) is 5.56. The summed E-state index contributed by atoms with van der Waals surface area (Å²) in [6.45, 7) is 0. The van der Waals surface area contributed by atoms with Crippen LogP contribution in [0.5, 0.6) is 17.2 Å². The van der Waals surface area contributed by atoms with Gasteiger partial charge in [0.25, 0.3) is 5.91 Å². The van der Waals surface area contributed by atoms with E-state index >= 15 is 0 Å². The zero-order valence-corrected chi connectivity index (χ0v) is 19.2. The highest BCUT2D eigenvalue weighted by Gasteiger charge is 2.14. The molecule has 3 aromatic carbocycles. The number of benzene rings is 3. The smallest absolute Gasteiger partial charge is 0.343 e. The van der Waals surface area contributed by atoms with E-state index < -0.39 is 5.97 Å². The first-order chi connectivity index (χ1) is 17.1. The Morgan fingerprint density at radius 1 is 0.857 bits per heavy atom. The molecular formula is C27H23N3O5. The van der Waals surface area contributed by atoms with Crippen molar-refractivity contribution in [2.45, 2.75) is 0 Å². The standard InChI is InChI=1S/C27H23N3O5/c1-33-21-9-7-8-20(17-21)27(32)35-24-13-12-19(16-25(24)34-2)18-28-29-26(31)22-10-3-4-11-23(22)30-14-5-6-15-30/h3-18H,1-2H3,(H,29,31)/b28-18+. The Hall–Kier alpha value is -4.85. The second kappa shape index (κ2) is 10.8. The lowest BCUT2D eigenvalue weighted by Crippen LogP contribution is -2.19. The molecule has 0 radical (unpaired) electrons. The van der Waals surface area contributed by atoms with Gasteiger partial charge in [-0.15, -0.1) is 0 Å². The number of hydrazone groups is 1. The second-order valence-electron chi connectivity index (χ2n) is 7.34. The Morgan fingerprint density at radius 2 is 1.66 bits per heavy atom. The van der Waals surface area contributed by atoms with Crippen molar-refractivity contribution in [3.8, 4) is 22.9 Å². The Kier molecular flexibility index (Phi) is 7.22. The fourth-order valence-corrected chi connectivity index (χ4v) is 3.37. The number of carbonyl (C=O) groups is 2. The maximum atomic E-state index is 12.7. The molecule has 0 bridgehead atoms. The molecule has 4 aromatic rings. The molecule has 1 heterocycles. The number of amides is 1. The fraction of sp³-hybridized carbons (Fsp3) is 0.0741. The molecule has 0 spiro atoms. The quantitative estimate of drug-likeness (QED) is 0.178. The first kappa shape index (κ1) is 23.3. The van der Waals surface area contributed by atoms with Crippen molar-refractivity contribution in [3.63, 3.8) is 0 Å². The minimum absolute atomic E-state index is 0.252. The number of esters is 1. The molecule has 0 saturated heterocycles. The monoisotopic (exact) mass is 469 g/mol. The predicted molar refractivity (Wildman–Crippen MR) is 132 cm³/mol. The summed E-state index contributed by atoms with van der Waals surface area (Å²) in [5.74, 6) is 0.256. The first-order valence-electron chi connectivity index (χ1n) is 10.7. The van der Waals surface area contributed by atoms with Crippen LogP contribution >= 0.6 is 0 Å². The molecule has 8 heteroatoms. The van der Waals surface area contributed by atoms with Crippen molar-refractivity contribution in [1.29, 1.82) is 0 Å². The third-order valence-corrected chi connectivity index (χ3v) is 5.11. The summed E-state index contributed by atoms with van der Waals surface area (Å²) in [5.41, 5.74) is 4.76. The van der Waals surface area contributed by atoms with E-state index in [4.69, 9.17) is 14.2 Å². The topological polar surface area (TPSA) is 91.2 Å². The molecule has 35 heavy (non-hydrogen) atoms. The van der Waals surface area contributed by atoms with Gasteiger partial charge in [-0.2, -0.15) is 5.10 Å². The molecule has 0 aliphatic carbocycles. The fourth-order valence-electron chi connectivity index (χ4n) is 3.37. The zero-order chi connectivity index (χ0) is 24.6. The second-order valence-corrected chi connectivity index (χ2v) is 7.34. The van der Waals surface area contributed by atoms with Crippen LogP contribution in [0, 0.1) is 0 Å². The molecule has 0 unspecified atom stereocenters. The van der Waals surface area contributed by atoms with Crippen LogP contribution in [-0.2, 0) is 0 Å². The molecule has 0 atom stereocenters. The molecule has 0 aliphatic rings. The Morgan fingerprint density at radius 3 is 2.43 bits per heavy atom. The predicted octanol–water partition coefficient (Wildman–Crippen LogP) is 4.48. The maximum absolute atomic E-state index is 12.7. The van der Waals surface area contributed by atoms with Crippen LogP contribution in [0.1, 0.15) is 26.3 Å². The van der Waals surface area contributed by atoms with E-state index in [9.17, 15) is 9.59 Å². The molecule has 0 aliphatic heterocycles. The van der Waals surface area contributed by atoms with Gasteiger partial charge in [0.15, 0.2) is 11.5 Å². The van der Waals surface area contributed by atoms with Crippen molar-refractivity contribution >= 4 is 18.1 Å². The maximum Gasteiger partial charge on any atom is 0.343 e. The highest BCUT2D eigenvalue weighted by Crippen LogP contribution is 2.28. The van der Waals surface area contributed by atoms with Crippen LogP contribution in [0.4, 0.5) is 0 Å². The molecule has 0 fully saturated rings. The van der Waals surface area contributed by atoms with E-state index in [2.05, 4.69) is 10.5 Å². The van der Waals surface area contributed by atoms with Gasteiger partial charge < -0.3 is 18.8 Å². The van der Waals surface area contributed by atoms with Crippen LogP contribution in [0.15, 0.2) is 96.4 Å². The molecule has 1 aromatic heterocycles. The van der Waals surface area contributed by atoms with Gasteiger partial charge in [-0.25, -0.2) is 10.2 Å². The first-order valence-corrected chi connectivity index (χ1v) is 10.7. The summed E-state index contributed by atoms with van der Waals surface area (Å²) < 4.78 is 17.9. The van der Waals surface area contributed by atoms with E-state index in [0.717, 1.165) is 5.69 Å². The molecule has 4 rings (SSSR count). The Balaban J connectivity index is 1.45. The minimum atomic E-state index is -0.544. The molecule has 1 N–H and O–H groups in total. The lowest BCUT2D eigenvalue weighted by Gasteiger charge is -2.10. The van der Waals surface area contributed by atoms with E-state index in [0.29, 0.717) is 28.2 Å². The lowest BCUT2D eigenvalue weighted by molar-refractivity contribution is 0.0729. The summed E-state index contributed by atoms with van der Waals surface area (Å²) in [6, 6.07) is 22.6. The summed E-state index contributed by atoms with van der Waals surface area (Å²) in [6.07, 6.45) is 5.21. The largest absolute Gasteiger partial charge is 0.497 e. The summed E-state index contributed by atoms with van der Waals surface area (Å²) in [5, 5.41) is 4.06. The molecular weight excluding hydrogens is 446 g/mol. The van der Waals surface area contributed by atoms with Crippen LogP contribution in [0.3, 0.4) is 0 Å². The van der Waals surface area contributed by atoms with Crippen molar-refractivity contribution in [3.05, 3.63) is 108 Å². The number of carbonyl (C=O) groups excluding carboxylic acids is 2. The molecule has 176 valence electrons. The summed E-state index contributed by atoms with van der Waals surface area (Å²) in [7, 11) is 3.00. The highest BCUT2D eigenvalue weighted by molar-refractivity contribution is 5.98. The zero-order valence-electron chi connectivity index (χ0n) is 19.2. The van der Waals surface area contributed by atoms with Gasteiger partial charge >= 0.3 is 5.97 Å². The van der Waals surface area contributed by atoms with Crippen molar-refractivity contribution in [1.82, 2.24) is 9.99 Å². The van der Waals surface area contributed by atoms with Crippen molar-refractivity contribution in [2.75, 3.05) is 14.2 Å². The normalized spacial score (nSPS) is 10.7. The number of hydrogen-bond acceptors (Lipinski definition) is 6. The van der Waals surface area contributed by atoms with E-state index in [-0.39, 0.29) is 11.7 Å². The number of hydrogen-bond donors (Lipinski definition) is 1. The number of ether oxygens (including phenoxy) is 3. The Bertz CT molecular complexity index is 1360. The Labute approximate surface area is 202 Å². The number of rotatable bonds is 8. The average molecular weight is 469 g/mol. The van der Waals surface area contributed by atoms with Crippen molar-refractivity contribution < 1.29 is 23.8 Å². The van der Waals surface area contributed by atoms with Gasteiger partial charge in [0.1, 0.15) is 5.75 Å². The molecule has 0 saturated carbocycles. The minimum Gasteiger partial charge on any atom is -0.497 e. The van der Waals surface area contributed by atoms with Crippen LogP contribution in [0.25, 0.3) is 5.69 Å². The summed E-state index contributed by atoms with van der Waals surface area (Å²) >= 11 is 0. The van der Waals surface area contributed by atoms with Gasteiger partial charge in [0, 0.05) is 12.4 Å². The van der Waals surface area contributed by atoms with E-state index in [1.54, 1.807) is 54.6 Å².